The minimum absolute atomic E-state index is 0.0356. The number of carbonyl (C=O) groups excluding carboxylic acids is 2. The summed E-state index contributed by atoms with van der Waals surface area (Å²) < 4.78 is 5.49. The van der Waals surface area contributed by atoms with E-state index in [1.165, 1.54) is 5.38 Å². The van der Waals surface area contributed by atoms with Gasteiger partial charge < -0.3 is 15.2 Å². The van der Waals surface area contributed by atoms with Crippen molar-refractivity contribution in [3.05, 3.63) is 70.7 Å². The summed E-state index contributed by atoms with van der Waals surface area (Å²) in [6, 6.07) is 15.1. The first-order valence-corrected chi connectivity index (χ1v) is 11.9. The Hall–Kier alpha value is -3.72. The van der Waals surface area contributed by atoms with E-state index < -0.39 is 24.0 Å². The van der Waals surface area contributed by atoms with Crippen molar-refractivity contribution in [2.75, 3.05) is 11.9 Å². The SMILES string of the molecule is CC[C@H](C)[C@H](NC(=O)c1csc(NC(=O)OCC2c3ccccc3-c3ccccc32)n1)C(=O)O. The molecule has 3 N–H and O–H groups in total. The van der Waals surface area contributed by atoms with E-state index in [0.29, 0.717) is 6.42 Å². The predicted molar refractivity (Wildman–Crippen MR) is 129 cm³/mol. The summed E-state index contributed by atoms with van der Waals surface area (Å²) in [5.74, 6) is -2.01. The highest BCUT2D eigenvalue weighted by molar-refractivity contribution is 7.14. The Morgan fingerprint density at radius 1 is 1.09 bits per heavy atom. The van der Waals surface area contributed by atoms with E-state index >= 15 is 0 Å². The zero-order chi connectivity index (χ0) is 24.2. The molecular formula is C25H25N3O5S. The third-order valence-electron chi connectivity index (χ3n) is 6.06. The van der Waals surface area contributed by atoms with Crippen LogP contribution in [0.25, 0.3) is 11.1 Å². The summed E-state index contributed by atoms with van der Waals surface area (Å²) in [4.78, 5) is 40.4. The number of thiazole rings is 1. The van der Waals surface area contributed by atoms with Gasteiger partial charge in [0.1, 0.15) is 18.3 Å². The lowest BCUT2D eigenvalue weighted by molar-refractivity contribution is -0.140. The summed E-state index contributed by atoms with van der Waals surface area (Å²) in [7, 11) is 0. The second kappa shape index (κ2) is 10.0. The van der Waals surface area contributed by atoms with Gasteiger partial charge in [0, 0.05) is 11.3 Å². The summed E-state index contributed by atoms with van der Waals surface area (Å²) in [5.41, 5.74) is 4.53. The minimum Gasteiger partial charge on any atom is -0.480 e. The van der Waals surface area contributed by atoms with Crippen molar-refractivity contribution in [1.29, 1.82) is 0 Å². The van der Waals surface area contributed by atoms with Crippen LogP contribution in [0.5, 0.6) is 0 Å². The third-order valence-corrected chi connectivity index (χ3v) is 6.81. The van der Waals surface area contributed by atoms with Gasteiger partial charge in [0.15, 0.2) is 5.13 Å². The van der Waals surface area contributed by atoms with Crippen molar-refractivity contribution in [3.8, 4) is 11.1 Å². The number of carboxylic acids is 1. The number of rotatable bonds is 8. The topological polar surface area (TPSA) is 118 Å². The summed E-state index contributed by atoms with van der Waals surface area (Å²) in [6.45, 7) is 3.77. The molecule has 176 valence electrons. The molecule has 4 rings (SSSR count). The number of carbonyl (C=O) groups is 3. The lowest BCUT2D eigenvalue weighted by Gasteiger charge is -2.19. The third kappa shape index (κ3) is 4.79. The van der Waals surface area contributed by atoms with Crippen LogP contribution >= 0.6 is 11.3 Å². The van der Waals surface area contributed by atoms with Gasteiger partial charge in [0.25, 0.3) is 5.91 Å². The molecule has 34 heavy (non-hydrogen) atoms. The molecule has 1 heterocycles. The number of ether oxygens (including phenoxy) is 1. The minimum atomic E-state index is -1.10. The molecular weight excluding hydrogens is 454 g/mol. The van der Waals surface area contributed by atoms with Crippen LogP contribution in [0.15, 0.2) is 53.9 Å². The molecule has 0 fully saturated rings. The Bertz CT molecular complexity index is 1180. The van der Waals surface area contributed by atoms with E-state index in [1.54, 1.807) is 6.92 Å². The maximum atomic E-state index is 12.4. The number of aliphatic carboxylic acids is 1. The van der Waals surface area contributed by atoms with Crippen molar-refractivity contribution < 1.29 is 24.2 Å². The fourth-order valence-electron chi connectivity index (χ4n) is 4.06. The Morgan fingerprint density at radius 3 is 2.29 bits per heavy atom. The Morgan fingerprint density at radius 2 is 1.71 bits per heavy atom. The molecule has 0 saturated carbocycles. The fraction of sp³-hybridized carbons (Fsp3) is 0.280. The molecule has 0 saturated heterocycles. The smallest absolute Gasteiger partial charge is 0.413 e. The number of nitrogens with zero attached hydrogens (tertiary/aromatic N) is 1. The number of hydrogen-bond acceptors (Lipinski definition) is 6. The second-order valence-electron chi connectivity index (χ2n) is 8.16. The predicted octanol–water partition coefficient (Wildman–Crippen LogP) is 4.73. The number of amides is 2. The zero-order valence-electron chi connectivity index (χ0n) is 18.8. The highest BCUT2D eigenvalue weighted by Crippen LogP contribution is 2.44. The van der Waals surface area contributed by atoms with Gasteiger partial charge in [-0.15, -0.1) is 11.3 Å². The number of fused-ring (bicyclic) bond motifs is 3. The Kier molecular flexibility index (Phi) is 6.93. The quantitative estimate of drug-likeness (QED) is 0.430. The van der Waals surface area contributed by atoms with E-state index in [2.05, 4.69) is 27.8 Å². The van der Waals surface area contributed by atoms with E-state index in [0.717, 1.165) is 33.6 Å². The largest absolute Gasteiger partial charge is 0.480 e. The average Bonchev–Trinajstić information content (AvgIpc) is 3.43. The highest BCUT2D eigenvalue weighted by atomic mass is 32.1. The first kappa shape index (κ1) is 23.4. The molecule has 0 spiro atoms. The van der Waals surface area contributed by atoms with Gasteiger partial charge in [0.2, 0.25) is 0 Å². The number of carboxylic acid groups (broad SMARTS) is 1. The maximum absolute atomic E-state index is 12.4. The maximum Gasteiger partial charge on any atom is 0.413 e. The van der Waals surface area contributed by atoms with Gasteiger partial charge in [-0.25, -0.2) is 14.6 Å². The van der Waals surface area contributed by atoms with E-state index in [-0.39, 0.29) is 29.3 Å². The van der Waals surface area contributed by atoms with Gasteiger partial charge in [-0.1, -0.05) is 68.8 Å². The molecule has 0 bridgehead atoms. The van der Waals surface area contributed by atoms with E-state index in [4.69, 9.17) is 4.74 Å². The number of anilines is 1. The molecule has 3 aromatic rings. The molecule has 1 aromatic heterocycles. The summed E-state index contributed by atoms with van der Waals surface area (Å²) >= 11 is 1.06. The molecule has 2 atom stereocenters. The lowest BCUT2D eigenvalue weighted by atomic mass is 9.98. The van der Waals surface area contributed by atoms with Gasteiger partial charge in [-0.2, -0.15) is 0 Å². The van der Waals surface area contributed by atoms with E-state index in [9.17, 15) is 19.5 Å². The van der Waals surface area contributed by atoms with Gasteiger partial charge in [-0.05, 0) is 28.2 Å². The van der Waals surface area contributed by atoms with Crippen molar-refractivity contribution in [3.63, 3.8) is 0 Å². The van der Waals surface area contributed by atoms with Crippen molar-refractivity contribution in [2.45, 2.75) is 32.2 Å². The van der Waals surface area contributed by atoms with Crippen LogP contribution in [0.4, 0.5) is 9.93 Å². The van der Waals surface area contributed by atoms with Crippen LogP contribution in [0.1, 0.15) is 47.8 Å². The molecule has 9 heteroatoms. The van der Waals surface area contributed by atoms with Gasteiger partial charge in [0.05, 0.1) is 0 Å². The molecule has 1 aliphatic carbocycles. The summed E-state index contributed by atoms with van der Waals surface area (Å²) in [6.07, 6.45) is -0.0747. The van der Waals surface area contributed by atoms with Crippen molar-refractivity contribution in [1.82, 2.24) is 10.3 Å². The normalized spacial score (nSPS) is 13.9. The molecule has 0 radical (unpaired) electrons. The first-order chi connectivity index (χ1) is 16.4. The molecule has 2 amide bonds. The van der Waals surface area contributed by atoms with Gasteiger partial charge in [-0.3, -0.25) is 10.1 Å². The fourth-order valence-corrected chi connectivity index (χ4v) is 4.73. The van der Waals surface area contributed by atoms with Crippen LogP contribution in [0.2, 0.25) is 0 Å². The average molecular weight is 480 g/mol. The zero-order valence-corrected chi connectivity index (χ0v) is 19.6. The van der Waals surface area contributed by atoms with Crippen molar-refractivity contribution >= 4 is 34.4 Å². The second-order valence-corrected chi connectivity index (χ2v) is 9.02. The van der Waals surface area contributed by atoms with E-state index in [1.807, 2.05) is 43.3 Å². The molecule has 1 aliphatic rings. The monoisotopic (exact) mass is 479 g/mol. The van der Waals surface area contributed by atoms with Crippen LogP contribution in [-0.4, -0.2) is 40.7 Å². The molecule has 8 nitrogen and oxygen atoms in total. The first-order valence-electron chi connectivity index (χ1n) is 11.0. The Labute approximate surface area is 201 Å². The lowest BCUT2D eigenvalue weighted by Crippen LogP contribution is -2.45. The van der Waals surface area contributed by atoms with Crippen LogP contribution in [0.3, 0.4) is 0 Å². The molecule has 0 aliphatic heterocycles. The number of aromatic nitrogens is 1. The number of nitrogens with one attached hydrogen (secondary N) is 2. The number of hydrogen-bond donors (Lipinski definition) is 3. The van der Waals surface area contributed by atoms with Crippen LogP contribution < -0.4 is 10.6 Å². The van der Waals surface area contributed by atoms with Gasteiger partial charge >= 0.3 is 12.1 Å². The van der Waals surface area contributed by atoms with Crippen molar-refractivity contribution in [2.24, 2.45) is 5.92 Å². The van der Waals surface area contributed by atoms with Crippen LogP contribution in [-0.2, 0) is 9.53 Å². The molecule has 2 aromatic carbocycles. The highest BCUT2D eigenvalue weighted by Gasteiger charge is 2.29. The molecule has 0 unspecified atom stereocenters. The summed E-state index contributed by atoms with van der Waals surface area (Å²) in [5, 5.41) is 16.1. The standard InChI is InChI=1S/C25H25N3O5S/c1-3-14(2)21(23(30)31)27-22(29)20-13-34-24(26-20)28-25(32)33-12-19-17-10-6-4-8-15(17)16-9-5-7-11-18(16)19/h4-11,13-14,19,21H,3,12H2,1-2H3,(H,27,29)(H,30,31)(H,26,28,32)/t14-,21-/m0/s1. The van der Waals surface area contributed by atoms with Crippen LogP contribution in [0, 0.1) is 5.92 Å². The number of benzene rings is 2. The Balaban J connectivity index is 1.37.